The van der Waals surface area contributed by atoms with E-state index in [2.05, 4.69) is 10.3 Å². The Balaban J connectivity index is 2.17. The van der Waals surface area contributed by atoms with E-state index in [-0.39, 0.29) is 13.2 Å². The summed E-state index contributed by atoms with van der Waals surface area (Å²) < 4.78 is 0. The highest BCUT2D eigenvalue weighted by molar-refractivity contribution is 5.83. The van der Waals surface area contributed by atoms with Gasteiger partial charge in [-0.15, -0.1) is 0 Å². The van der Waals surface area contributed by atoms with Gasteiger partial charge in [0.15, 0.2) is 0 Å². The highest BCUT2D eigenvalue weighted by atomic mass is 16.3. The van der Waals surface area contributed by atoms with Gasteiger partial charge >= 0.3 is 0 Å². The molecule has 0 saturated heterocycles. The molecule has 90 valence electrons. The smallest absolute Gasteiger partial charge is 0.126 e. The summed E-state index contributed by atoms with van der Waals surface area (Å²) in [5, 5.41) is 21.8. The standard InChI is InChI=1S/C12H15N3O2/c13-9-2-3-11-8(5-9)1-4-12(15-11)14-6-10(17)7-16/h1-5,10,16-17H,6-7,13H2,(H,14,15). The third kappa shape index (κ3) is 2.83. The number of hydrogen-bond acceptors (Lipinski definition) is 5. The van der Waals surface area contributed by atoms with Crippen LogP contribution in [0.2, 0.25) is 0 Å². The second-order valence-electron chi connectivity index (χ2n) is 3.87. The predicted octanol–water partition coefficient (Wildman–Crippen LogP) is 0.582. The molecule has 5 heteroatoms. The number of nitrogens with one attached hydrogen (secondary N) is 1. The van der Waals surface area contributed by atoms with Gasteiger partial charge in [0.25, 0.3) is 0 Å². The number of nitrogens with zero attached hydrogens (tertiary/aromatic N) is 1. The number of benzene rings is 1. The molecule has 2 rings (SSSR count). The van der Waals surface area contributed by atoms with Gasteiger partial charge < -0.3 is 21.3 Å². The topological polar surface area (TPSA) is 91.4 Å². The number of rotatable bonds is 4. The molecule has 5 N–H and O–H groups in total. The molecule has 0 saturated carbocycles. The van der Waals surface area contributed by atoms with Gasteiger partial charge in [-0.2, -0.15) is 0 Å². The van der Waals surface area contributed by atoms with Crippen LogP contribution in [0.4, 0.5) is 11.5 Å². The lowest BCUT2D eigenvalue weighted by Gasteiger charge is -2.10. The molecule has 1 unspecified atom stereocenters. The van der Waals surface area contributed by atoms with E-state index in [1.165, 1.54) is 0 Å². The van der Waals surface area contributed by atoms with Crippen LogP contribution in [0.15, 0.2) is 30.3 Å². The maximum atomic E-state index is 9.21. The molecule has 0 radical (unpaired) electrons. The summed E-state index contributed by atoms with van der Waals surface area (Å²) in [4.78, 5) is 4.36. The summed E-state index contributed by atoms with van der Waals surface area (Å²) in [7, 11) is 0. The van der Waals surface area contributed by atoms with Crippen LogP contribution in [0.1, 0.15) is 0 Å². The van der Waals surface area contributed by atoms with E-state index in [0.29, 0.717) is 11.5 Å². The highest BCUT2D eigenvalue weighted by Crippen LogP contribution is 2.17. The average Bonchev–Trinajstić information content (AvgIpc) is 2.35. The number of aliphatic hydroxyl groups is 2. The highest BCUT2D eigenvalue weighted by Gasteiger charge is 2.03. The Kier molecular flexibility index (Phi) is 3.41. The minimum Gasteiger partial charge on any atom is -0.399 e. The molecule has 0 aliphatic rings. The summed E-state index contributed by atoms with van der Waals surface area (Å²) in [5.41, 5.74) is 7.21. The van der Waals surface area contributed by atoms with E-state index < -0.39 is 6.10 Å². The fraction of sp³-hybridized carbons (Fsp3) is 0.250. The van der Waals surface area contributed by atoms with Crippen molar-refractivity contribution in [3.05, 3.63) is 30.3 Å². The third-order valence-electron chi connectivity index (χ3n) is 2.44. The van der Waals surface area contributed by atoms with Gasteiger partial charge in [-0.3, -0.25) is 0 Å². The lowest BCUT2D eigenvalue weighted by atomic mass is 10.2. The number of pyridine rings is 1. The van der Waals surface area contributed by atoms with Crippen molar-refractivity contribution in [1.29, 1.82) is 0 Å². The molecular weight excluding hydrogens is 218 g/mol. The maximum Gasteiger partial charge on any atom is 0.126 e. The molecule has 1 heterocycles. The van der Waals surface area contributed by atoms with Gasteiger partial charge in [-0.1, -0.05) is 0 Å². The maximum absolute atomic E-state index is 9.21. The minimum atomic E-state index is -0.779. The molecule has 0 aliphatic carbocycles. The first-order valence-electron chi connectivity index (χ1n) is 5.38. The van der Waals surface area contributed by atoms with Crippen molar-refractivity contribution in [3.8, 4) is 0 Å². The lowest BCUT2D eigenvalue weighted by molar-refractivity contribution is 0.105. The van der Waals surface area contributed by atoms with E-state index in [9.17, 15) is 5.11 Å². The van der Waals surface area contributed by atoms with Crippen LogP contribution in [0.3, 0.4) is 0 Å². The Hall–Kier alpha value is -1.85. The van der Waals surface area contributed by atoms with Crippen molar-refractivity contribution in [2.75, 3.05) is 24.2 Å². The number of fused-ring (bicyclic) bond motifs is 1. The van der Waals surface area contributed by atoms with Crippen molar-refractivity contribution >= 4 is 22.4 Å². The van der Waals surface area contributed by atoms with E-state index in [1.54, 1.807) is 6.07 Å². The number of aliphatic hydroxyl groups excluding tert-OH is 2. The van der Waals surface area contributed by atoms with Gasteiger partial charge in [0, 0.05) is 17.6 Å². The van der Waals surface area contributed by atoms with Crippen LogP contribution in [0, 0.1) is 0 Å². The molecule has 17 heavy (non-hydrogen) atoms. The molecule has 0 spiro atoms. The predicted molar refractivity (Wildman–Crippen MR) is 67.7 cm³/mol. The molecule has 2 aromatic rings. The van der Waals surface area contributed by atoms with Gasteiger partial charge in [0.2, 0.25) is 0 Å². The molecular formula is C12H15N3O2. The first-order valence-corrected chi connectivity index (χ1v) is 5.38. The van der Waals surface area contributed by atoms with Crippen LogP contribution in [0.25, 0.3) is 10.9 Å². The third-order valence-corrected chi connectivity index (χ3v) is 2.44. The quantitative estimate of drug-likeness (QED) is 0.580. The molecule has 1 aromatic carbocycles. The monoisotopic (exact) mass is 233 g/mol. The zero-order chi connectivity index (χ0) is 12.3. The number of anilines is 2. The second kappa shape index (κ2) is 4.99. The Morgan fingerprint density at radius 3 is 2.88 bits per heavy atom. The van der Waals surface area contributed by atoms with Crippen LogP contribution in [-0.2, 0) is 0 Å². The van der Waals surface area contributed by atoms with Crippen molar-refractivity contribution < 1.29 is 10.2 Å². The molecule has 0 fully saturated rings. The molecule has 0 aliphatic heterocycles. The largest absolute Gasteiger partial charge is 0.399 e. The lowest BCUT2D eigenvalue weighted by Crippen LogP contribution is -2.23. The summed E-state index contributed by atoms with van der Waals surface area (Å²) >= 11 is 0. The molecule has 1 aromatic heterocycles. The van der Waals surface area contributed by atoms with Crippen molar-refractivity contribution in [3.63, 3.8) is 0 Å². The first-order chi connectivity index (χ1) is 8.19. The number of hydrogen-bond donors (Lipinski definition) is 4. The average molecular weight is 233 g/mol. The molecule has 0 amide bonds. The van der Waals surface area contributed by atoms with E-state index in [4.69, 9.17) is 10.8 Å². The van der Waals surface area contributed by atoms with Gasteiger partial charge in [0.05, 0.1) is 18.2 Å². The van der Waals surface area contributed by atoms with Crippen LogP contribution in [-0.4, -0.2) is 34.5 Å². The normalized spacial score (nSPS) is 12.6. The Labute approximate surface area is 98.9 Å². The Morgan fingerprint density at radius 2 is 2.12 bits per heavy atom. The van der Waals surface area contributed by atoms with Crippen molar-refractivity contribution in [2.45, 2.75) is 6.10 Å². The fourth-order valence-corrected chi connectivity index (χ4v) is 1.53. The molecule has 1 atom stereocenters. The minimum absolute atomic E-state index is 0.267. The van der Waals surface area contributed by atoms with Gasteiger partial charge in [-0.25, -0.2) is 4.98 Å². The van der Waals surface area contributed by atoms with Crippen LogP contribution in [0.5, 0.6) is 0 Å². The summed E-state index contributed by atoms with van der Waals surface area (Å²) in [6.07, 6.45) is -0.779. The van der Waals surface area contributed by atoms with Crippen LogP contribution < -0.4 is 11.1 Å². The molecule has 5 nitrogen and oxygen atoms in total. The SMILES string of the molecule is Nc1ccc2nc(NCC(O)CO)ccc2c1. The summed E-state index contributed by atoms with van der Waals surface area (Å²) in [5.74, 6) is 0.662. The number of aromatic nitrogens is 1. The second-order valence-corrected chi connectivity index (χ2v) is 3.87. The van der Waals surface area contributed by atoms with E-state index in [1.807, 2.05) is 24.3 Å². The van der Waals surface area contributed by atoms with Crippen LogP contribution >= 0.6 is 0 Å². The Bertz CT molecular complexity index is 516. The van der Waals surface area contributed by atoms with Crippen molar-refractivity contribution in [2.24, 2.45) is 0 Å². The van der Waals surface area contributed by atoms with Gasteiger partial charge in [0.1, 0.15) is 5.82 Å². The van der Waals surface area contributed by atoms with E-state index >= 15 is 0 Å². The fourth-order valence-electron chi connectivity index (χ4n) is 1.53. The van der Waals surface area contributed by atoms with Crippen molar-refractivity contribution in [1.82, 2.24) is 4.98 Å². The summed E-state index contributed by atoms with van der Waals surface area (Å²) in [6, 6.07) is 9.22. The first kappa shape index (κ1) is 11.6. The molecule has 0 bridgehead atoms. The Morgan fingerprint density at radius 1 is 1.29 bits per heavy atom. The zero-order valence-electron chi connectivity index (χ0n) is 9.30. The summed E-state index contributed by atoms with van der Waals surface area (Å²) in [6.45, 7) is 0.00109. The van der Waals surface area contributed by atoms with E-state index in [0.717, 1.165) is 10.9 Å². The van der Waals surface area contributed by atoms with Gasteiger partial charge in [-0.05, 0) is 30.3 Å². The number of nitrogens with two attached hydrogens (primary N) is 1. The zero-order valence-corrected chi connectivity index (χ0v) is 9.30. The number of nitrogen functional groups attached to an aromatic ring is 1.